The summed E-state index contributed by atoms with van der Waals surface area (Å²) in [4.78, 5) is 18.1. The third-order valence-electron chi connectivity index (χ3n) is 3.68. The van der Waals surface area contributed by atoms with Gasteiger partial charge >= 0.3 is 0 Å². The van der Waals surface area contributed by atoms with Gasteiger partial charge in [-0.2, -0.15) is 5.26 Å². The molecule has 2 rings (SSSR count). The fourth-order valence-corrected chi connectivity index (χ4v) is 2.85. The Labute approximate surface area is 126 Å². The Hall–Kier alpha value is -2.09. The van der Waals surface area contributed by atoms with Crippen LogP contribution in [0.25, 0.3) is 0 Å². The number of aromatic nitrogens is 1. The van der Waals surface area contributed by atoms with Gasteiger partial charge in [-0.25, -0.2) is 4.98 Å². The second kappa shape index (κ2) is 6.13. The molecule has 1 aliphatic rings. The number of pyridine rings is 1. The van der Waals surface area contributed by atoms with Crippen LogP contribution in [0.5, 0.6) is 0 Å². The molecule has 0 spiro atoms. The fourth-order valence-electron chi connectivity index (χ4n) is 2.85. The summed E-state index contributed by atoms with van der Waals surface area (Å²) in [5, 5.41) is 12.2. The molecule has 0 saturated carbocycles. The number of carbonyl (C=O) groups is 1. The molecule has 1 fully saturated rings. The average molecular weight is 286 g/mol. The quantitative estimate of drug-likeness (QED) is 0.867. The van der Waals surface area contributed by atoms with Crippen LogP contribution >= 0.6 is 0 Å². The van der Waals surface area contributed by atoms with Crippen LogP contribution in [0.2, 0.25) is 0 Å². The molecule has 1 N–H and O–H groups in total. The molecule has 0 radical (unpaired) electrons. The fraction of sp³-hybridized carbons (Fsp3) is 0.562. The molecule has 1 amide bonds. The SMILES string of the molecule is CC(C)(C)CC1CCC(C(=O)Nc2ccccn2)N1C#N. The van der Waals surface area contributed by atoms with E-state index >= 15 is 0 Å². The van der Waals surface area contributed by atoms with Gasteiger partial charge in [-0.05, 0) is 36.8 Å². The molecular weight excluding hydrogens is 264 g/mol. The topological polar surface area (TPSA) is 69.0 Å². The highest BCUT2D eigenvalue weighted by Gasteiger charge is 2.39. The molecule has 112 valence electrons. The number of rotatable bonds is 3. The van der Waals surface area contributed by atoms with Crippen molar-refractivity contribution in [1.29, 1.82) is 5.26 Å². The van der Waals surface area contributed by atoms with Crippen LogP contribution in [0.4, 0.5) is 5.82 Å². The van der Waals surface area contributed by atoms with Gasteiger partial charge in [0.1, 0.15) is 11.9 Å². The lowest BCUT2D eigenvalue weighted by Crippen LogP contribution is -2.41. The molecular formula is C16H22N4O. The predicted molar refractivity (Wildman–Crippen MR) is 81.2 cm³/mol. The van der Waals surface area contributed by atoms with Crippen molar-refractivity contribution in [2.75, 3.05) is 5.32 Å². The maximum absolute atomic E-state index is 12.4. The molecule has 1 aliphatic heterocycles. The molecule has 1 saturated heterocycles. The third kappa shape index (κ3) is 3.94. The molecule has 1 aromatic heterocycles. The van der Waals surface area contributed by atoms with Gasteiger partial charge in [-0.3, -0.25) is 9.69 Å². The van der Waals surface area contributed by atoms with Gasteiger partial charge in [0.15, 0.2) is 6.19 Å². The number of hydrogen-bond donors (Lipinski definition) is 1. The maximum atomic E-state index is 12.4. The minimum atomic E-state index is -0.385. The maximum Gasteiger partial charge on any atom is 0.249 e. The van der Waals surface area contributed by atoms with Gasteiger partial charge in [0.2, 0.25) is 5.91 Å². The molecule has 0 bridgehead atoms. The van der Waals surface area contributed by atoms with E-state index in [9.17, 15) is 10.1 Å². The number of likely N-dealkylation sites (tertiary alicyclic amines) is 1. The van der Waals surface area contributed by atoms with Crippen molar-refractivity contribution in [2.24, 2.45) is 5.41 Å². The number of nitrogens with zero attached hydrogens (tertiary/aromatic N) is 3. The van der Waals surface area contributed by atoms with E-state index in [1.54, 1.807) is 23.2 Å². The summed E-state index contributed by atoms with van der Waals surface area (Å²) in [6.45, 7) is 6.47. The molecule has 2 heterocycles. The Morgan fingerprint density at radius 3 is 2.81 bits per heavy atom. The first-order valence-electron chi connectivity index (χ1n) is 7.31. The van der Waals surface area contributed by atoms with Crippen LogP contribution in [0.3, 0.4) is 0 Å². The Morgan fingerprint density at radius 1 is 1.48 bits per heavy atom. The van der Waals surface area contributed by atoms with Crippen molar-refractivity contribution in [3.63, 3.8) is 0 Å². The van der Waals surface area contributed by atoms with Crippen LogP contribution < -0.4 is 5.32 Å². The van der Waals surface area contributed by atoms with Crippen LogP contribution in [0, 0.1) is 16.9 Å². The van der Waals surface area contributed by atoms with E-state index in [1.165, 1.54) is 0 Å². The van der Waals surface area contributed by atoms with E-state index in [-0.39, 0.29) is 23.4 Å². The third-order valence-corrected chi connectivity index (χ3v) is 3.68. The number of nitrogens with one attached hydrogen (secondary N) is 1. The molecule has 1 aromatic rings. The first-order chi connectivity index (χ1) is 9.90. The molecule has 0 aromatic carbocycles. The Bertz CT molecular complexity index is 529. The lowest BCUT2D eigenvalue weighted by molar-refractivity contribution is -0.119. The van der Waals surface area contributed by atoms with Crippen molar-refractivity contribution in [3.8, 4) is 6.19 Å². The molecule has 2 unspecified atom stereocenters. The molecule has 5 heteroatoms. The summed E-state index contributed by atoms with van der Waals surface area (Å²) >= 11 is 0. The summed E-state index contributed by atoms with van der Waals surface area (Å²) < 4.78 is 0. The molecule has 0 aliphatic carbocycles. The van der Waals surface area contributed by atoms with Gasteiger partial charge in [-0.1, -0.05) is 26.8 Å². The highest BCUT2D eigenvalue weighted by molar-refractivity contribution is 5.94. The van der Waals surface area contributed by atoms with Gasteiger partial charge in [0, 0.05) is 12.2 Å². The summed E-state index contributed by atoms with van der Waals surface area (Å²) in [5.41, 5.74) is 0.145. The summed E-state index contributed by atoms with van der Waals surface area (Å²) in [7, 11) is 0. The second-order valence-corrected chi connectivity index (χ2v) is 6.72. The normalized spacial score (nSPS) is 21.9. The smallest absolute Gasteiger partial charge is 0.249 e. The van der Waals surface area contributed by atoms with E-state index in [4.69, 9.17) is 0 Å². The average Bonchev–Trinajstić information content (AvgIpc) is 2.80. The first-order valence-corrected chi connectivity index (χ1v) is 7.31. The number of anilines is 1. The van der Waals surface area contributed by atoms with E-state index in [0.29, 0.717) is 12.2 Å². The molecule has 2 atom stereocenters. The molecule has 21 heavy (non-hydrogen) atoms. The van der Waals surface area contributed by atoms with Crippen molar-refractivity contribution in [2.45, 2.75) is 52.1 Å². The van der Waals surface area contributed by atoms with E-state index < -0.39 is 0 Å². The minimum Gasteiger partial charge on any atom is -0.309 e. The second-order valence-electron chi connectivity index (χ2n) is 6.72. The number of nitriles is 1. The highest BCUT2D eigenvalue weighted by atomic mass is 16.2. The Balaban J connectivity index is 2.03. The van der Waals surface area contributed by atoms with Crippen LogP contribution in [-0.4, -0.2) is 27.9 Å². The van der Waals surface area contributed by atoms with Crippen molar-refractivity contribution in [1.82, 2.24) is 9.88 Å². The lowest BCUT2D eigenvalue weighted by Gasteiger charge is -2.29. The van der Waals surface area contributed by atoms with E-state index in [0.717, 1.165) is 12.8 Å². The van der Waals surface area contributed by atoms with E-state index in [2.05, 4.69) is 37.3 Å². The van der Waals surface area contributed by atoms with E-state index in [1.807, 2.05) is 6.07 Å². The van der Waals surface area contributed by atoms with Crippen LogP contribution in [0.1, 0.15) is 40.0 Å². The van der Waals surface area contributed by atoms with Crippen LogP contribution in [0.15, 0.2) is 24.4 Å². The Morgan fingerprint density at radius 2 is 2.24 bits per heavy atom. The number of amides is 1. The zero-order chi connectivity index (χ0) is 15.5. The lowest BCUT2D eigenvalue weighted by atomic mass is 9.87. The van der Waals surface area contributed by atoms with Crippen LogP contribution in [-0.2, 0) is 4.79 Å². The van der Waals surface area contributed by atoms with Gasteiger partial charge in [0.05, 0.1) is 0 Å². The summed E-state index contributed by atoms with van der Waals surface area (Å²) in [6, 6.07) is 5.13. The van der Waals surface area contributed by atoms with Crippen molar-refractivity contribution >= 4 is 11.7 Å². The monoisotopic (exact) mass is 286 g/mol. The zero-order valence-electron chi connectivity index (χ0n) is 12.8. The standard InChI is InChI=1S/C16H22N4O/c1-16(2,3)10-12-7-8-13(20(12)11-17)15(21)19-14-6-4-5-9-18-14/h4-6,9,12-13H,7-8,10H2,1-3H3,(H,18,19,21). The van der Waals surface area contributed by atoms with Crippen molar-refractivity contribution in [3.05, 3.63) is 24.4 Å². The highest BCUT2D eigenvalue weighted by Crippen LogP contribution is 2.32. The predicted octanol–water partition coefficient (Wildman–Crippen LogP) is 2.77. The first kappa shape index (κ1) is 15.3. The van der Waals surface area contributed by atoms with Gasteiger partial charge in [0.25, 0.3) is 0 Å². The van der Waals surface area contributed by atoms with Crippen molar-refractivity contribution < 1.29 is 4.79 Å². The Kier molecular flexibility index (Phi) is 4.46. The summed E-state index contributed by atoms with van der Waals surface area (Å²) in [5.74, 6) is 0.381. The minimum absolute atomic E-state index is 0.145. The summed E-state index contributed by atoms with van der Waals surface area (Å²) in [6.07, 6.45) is 6.35. The zero-order valence-corrected chi connectivity index (χ0v) is 12.8. The molecule has 5 nitrogen and oxygen atoms in total. The number of hydrogen-bond acceptors (Lipinski definition) is 4. The van der Waals surface area contributed by atoms with Gasteiger partial charge in [-0.15, -0.1) is 0 Å². The van der Waals surface area contributed by atoms with Gasteiger partial charge < -0.3 is 5.32 Å². The number of carbonyl (C=O) groups excluding carboxylic acids is 1. The largest absolute Gasteiger partial charge is 0.309 e.